The molecule has 8 nitrogen and oxygen atoms in total. The van der Waals surface area contributed by atoms with Crippen molar-refractivity contribution in [2.24, 2.45) is 4.99 Å². The number of halogens is 1. The zero-order valence-corrected chi connectivity index (χ0v) is 19.9. The number of carbonyl (C=O) groups excluding carboxylic acids is 3. The van der Waals surface area contributed by atoms with Crippen molar-refractivity contribution in [1.82, 2.24) is 14.8 Å². The molecule has 0 aliphatic carbocycles. The molecule has 37 heavy (non-hydrogen) atoms. The Morgan fingerprint density at radius 1 is 0.811 bits per heavy atom. The van der Waals surface area contributed by atoms with Crippen LogP contribution in [0.1, 0.15) is 15.9 Å². The third-order valence-electron chi connectivity index (χ3n) is 6.22. The Balaban J connectivity index is 1.31. The molecule has 1 aromatic heterocycles. The number of amidine groups is 1. The summed E-state index contributed by atoms with van der Waals surface area (Å²) in [5.41, 5.74) is 1.87. The van der Waals surface area contributed by atoms with E-state index < -0.39 is 23.5 Å². The lowest BCUT2D eigenvalue weighted by Crippen LogP contribution is -2.52. The molecule has 2 heterocycles. The number of aromatic nitrogens is 1. The SMILES string of the molecule is O=C(N=C(c1ccccc1)N1CCN(C(=O)C(=O)c2c[nH]c3cccc(F)c23)CC1)Nc1ccccc1. The van der Waals surface area contributed by atoms with Gasteiger partial charge in [0.25, 0.3) is 11.7 Å². The van der Waals surface area contributed by atoms with Crippen LogP contribution in [-0.2, 0) is 4.79 Å². The summed E-state index contributed by atoms with van der Waals surface area (Å²) in [7, 11) is 0. The van der Waals surface area contributed by atoms with Crippen LogP contribution in [-0.4, -0.2) is 64.5 Å². The molecule has 3 aromatic carbocycles. The number of aliphatic imine (C=N–C) groups is 1. The highest BCUT2D eigenvalue weighted by atomic mass is 19.1. The summed E-state index contributed by atoms with van der Waals surface area (Å²) < 4.78 is 14.3. The van der Waals surface area contributed by atoms with Gasteiger partial charge in [0.2, 0.25) is 0 Å². The number of anilines is 1. The van der Waals surface area contributed by atoms with Crippen LogP contribution in [0.4, 0.5) is 14.9 Å². The predicted octanol–water partition coefficient (Wildman–Crippen LogP) is 4.31. The van der Waals surface area contributed by atoms with Gasteiger partial charge in [-0.05, 0) is 24.3 Å². The summed E-state index contributed by atoms with van der Waals surface area (Å²) in [6.07, 6.45) is 1.37. The van der Waals surface area contributed by atoms with Crippen molar-refractivity contribution < 1.29 is 18.8 Å². The highest BCUT2D eigenvalue weighted by molar-refractivity contribution is 6.44. The molecule has 186 valence electrons. The zero-order valence-electron chi connectivity index (χ0n) is 19.9. The summed E-state index contributed by atoms with van der Waals surface area (Å²) in [5, 5.41) is 2.88. The van der Waals surface area contributed by atoms with Crippen LogP contribution in [0.25, 0.3) is 10.9 Å². The Bertz CT molecular complexity index is 1480. The number of benzene rings is 3. The largest absolute Gasteiger partial charge is 0.360 e. The third-order valence-corrected chi connectivity index (χ3v) is 6.22. The van der Waals surface area contributed by atoms with Gasteiger partial charge < -0.3 is 20.1 Å². The monoisotopic (exact) mass is 497 g/mol. The number of aromatic amines is 1. The smallest absolute Gasteiger partial charge is 0.347 e. The standard InChI is InChI=1S/C28H24FN5O3/c29-22-12-7-13-23-24(22)21(18-30-23)25(35)27(36)34-16-14-33(15-17-34)26(19-8-3-1-4-9-19)32-28(37)31-20-10-5-2-6-11-20/h1-13,18,30H,14-17H2,(H,31,37). The van der Waals surface area contributed by atoms with E-state index in [1.54, 1.807) is 18.2 Å². The number of piperazine rings is 1. The first-order chi connectivity index (χ1) is 18.0. The van der Waals surface area contributed by atoms with Crippen LogP contribution >= 0.6 is 0 Å². The Hall–Kier alpha value is -4.79. The summed E-state index contributed by atoms with van der Waals surface area (Å²) in [6, 6.07) is 22.3. The van der Waals surface area contributed by atoms with E-state index in [4.69, 9.17) is 0 Å². The number of hydrogen-bond acceptors (Lipinski definition) is 3. The first kappa shape index (κ1) is 23.9. The number of nitrogens with zero attached hydrogens (tertiary/aromatic N) is 3. The fourth-order valence-electron chi connectivity index (χ4n) is 4.37. The molecule has 2 N–H and O–H groups in total. The minimum Gasteiger partial charge on any atom is -0.360 e. The van der Waals surface area contributed by atoms with Gasteiger partial charge in [0.15, 0.2) is 0 Å². The molecule has 0 radical (unpaired) electrons. The number of rotatable bonds is 4. The second-order valence-electron chi connectivity index (χ2n) is 8.57. The fraction of sp³-hybridized carbons (Fsp3) is 0.143. The number of H-pyrrole nitrogens is 1. The maximum Gasteiger partial charge on any atom is 0.347 e. The molecule has 0 saturated carbocycles. The first-order valence-corrected chi connectivity index (χ1v) is 11.9. The van der Waals surface area contributed by atoms with E-state index in [-0.39, 0.29) is 24.0 Å². The van der Waals surface area contributed by atoms with Crippen molar-refractivity contribution in [3.63, 3.8) is 0 Å². The van der Waals surface area contributed by atoms with Gasteiger partial charge in [-0.2, -0.15) is 4.99 Å². The average Bonchev–Trinajstić information content (AvgIpc) is 3.38. The minimum absolute atomic E-state index is 0.0182. The van der Waals surface area contributed by atoms with E-state index in [1.165, 1.54) is 23.2 Å². The van der Waals surface area contributed by atoms with Crippen LogP contribution in [0.5, 0.6) is 0 Å². The van der Waals surface area contributed by atoms with Crippen molar-refractivity contribution in [3.8, 4) is 0 Å². The maximum atomic E-state index is 14.3. The molecule has 9 heteroatoms. The molecule has 1 saturated heterocycles. The Morgan fingerprint density at radius 2 is 1.46 bits per heavy atom. The highest BCUT2D eigenvalue weighted by Gasteiger charge is 2.30. The number of carbonyl (C=O) groups is 3. The molecular formula is C28H24FN5O3. The summed E-state index contributed by atoms with van der Waals surface area (Å²) in [4.78, 5) is 49.2. The van der Waals surface area contributed by atoms with Gasteiger partial charge >= 0.3 is 6.03 Å². The molecule has 0 bridgehead atoms. The van der Waals surface area contributed by atoms with Crippen molar-refractivity contribution >= 4 is 40.1 Å². The molecule has 3 amide bonds. The maximum absolute atomic E-state index is 14.3. The summed E-state index contributed by atoms with van der Waals surface area (Å²) in [6.45, 7) is 1.24. The van der Waals surface area contributed by atoms with Crippen LogP contribution in [0.15, 0.2) is 90.1 Å². The number of nitrogens with one attached hydrogen (secondary N) is 2. The van der Waals surface area contributed by atoms with Crippen molar-refractivity contribution in [1.29, 1.82) is 0 Å². The fourth-order valence-corrected chi connectivity index (χ4v) is 4.37. The van der Waals surface area contributed by atoms with Gasteiger partial charge in [-0.1, -0.05) is 54.6 Å². The molecule has 1 fully saturated rings. The van der Waals surface area contributed by atoms with E-state index >= 15 is 0 Å². The molecule has 0 unspecified atom stereocenters. The number of para-hydroxylation sites is 1. The van der Waals surface area contributed by atoms with Gasteiger partial charge in [0.1, 0.15) is 11.7 Å². The Morgan fingerprint density at radius 3 is 2.16 bits per heavy atom. The van der Waals surface area contributed by atoms with Crippen LogP contribution in [0.3, 0.4) is 0 Å². The number of fused-ring (bicyclic) bond motifs is 1. The second kappa shape index (κ2) is 10.4. The number of ketones is 1. The van der Waals surface area contributed by atoms with Crippen LogP contribution < -0.4 is 5.32 Å². The van der Waals surface area contributed by atoms with E-state index in [2.05, 4.69) is 15.3 Å². The van der Waals surface area contributed by atoms with Crippen molar-refractivity contribution in [2.45, 2.75) is 0 Å². The number of urea groups is 1. The van der Waals surface area contributed by atoms with Crippen molar-refractivity contribution in [3.05, 3.63) is 102 Å². The van der Waals surface area contributed by atoms with Gasteiger partial charge in [-0.3, -0.25) is 9.59 Å². The van der Waals surface area contributed by atoms with E-state index in [9.17, 15) is 18.8 Å². The van der Waals surface area contributed by atoms with E-state index in [1.807, 2.05) is 53.4 Å². The normalized spacial score (nSPS) is 14.0. The molecule has 4 aromatic rings. The molecule has 0 atom stereocenters. The number of hydrogen-bond donors (Lipinski definition) is 2. The zero-order chi connectivity index (χ0) is 25.8. The van der Waals surface area contributed by atoms with E-state index in [0.29, 0.717) is 30.1 Å². The predicted molar refractivity (Wildman–Crippen MR) is 139 cm³/mol. The average molecular weight is 498 g/mol. The molecule has 1 aliphatic heterocycles. The molecular weight excluding hydrogens is 473 g/mol. The quantitative estimate of drug-likeness (QED) is 0.190. The van der Waals surface area contributed by atoms with Gasteiger partial charge in [0.05, 0.1) is 5.56 Å². The molecule has 5 rings (SSSR count). The summed E-state index contributed by atoms with van der Waals surface area (Å²) in [5.74, 6) is -1.53. The summed E-state index contributed by atoms with van der Waals surface area (Å²) >= 11 is 0. The Kier molecular flexibility index (Phi) is 6.76. The molecule has 1 aliphatic rings. The van der Waals surface area contributed by atoms with Gasteiger partial charge in [0, 0.05) is 54.5 Å². The Labute approximate surface area is 212 Å². The van der Waals surface area contributed by atoms with Crippen molar-refractivity contribution in [2.75, 3.05) is 31.5 Å². The lowest BCUT2D eigenvalue weighted by Gasteiger charge is -2.36. The number of amides is 3. The molecule has 0 spiro atoms. The van der Waals surface area contributed by atoms with Crippen LogP contribution in [0.2, 0.25) is 0 Å². The van der Waals surface area contributed by atoms with Gasteiger partial charge in [-0.25, -0.2) is 9.18 Å². The first-order valence-electron chi connectivity index (χ1n) is 11.9. The van der Waals surface area contributed by atoms with Crippen LogP contribution in [0, 0.1) is 5.82 Å². The lowest BCUT2D eigenvalue weighted by molar-refractivity contribution is -0.127. The second-order valence-corrected chi connectivity index (χ2v) is 8.57. The third kappa shape index (κ3) is 5.11. The number of Topliss-reactive ketones (excluding diaryl/α,β-unsaturated/α-hetero) is 1. The lowest BCUT2D eigenvalue weighted by atomic mass is 10.1. The van der Waals surface area contributed by atoms with Gasteiger partial charge in [-0.15, -0.1) is 0 Å². The van der Waals surface area contributed by atoms with E-state index in [0.717, 1.165) is 5.56 Å². The topological polar surface area (TPSA) is 97.9 Å². The minimum atomic E-state index is -0.760. The highest BCUT2D eigenvalue weighted by Crippen LogP contribution is 2.23.